The van der Waals surface area contributed by atoms with E-state index in [2.05, 4.69) is 25.9 Å². The highest BCUT2D eigenvalue weighted by Gasteiger charge is 2.48. The summed E-state index contributed by atoms with van der Waals surface area (Å²) in [4.78, 5) is 0. The van der Waals surface area contributed by atoms with Crippen molar-refractivity contribution in [2.75, 3.05) is 11.5 Å². The van der Waals surface area contributed by atoms with Crippen molar-refractivity contribution < 1.29 is 5.11 Å². The highest BCUT2D eigenvalue weighted by molar-refractivity contribution is 7.99. The Bertz CT molecular complexity index is 389. The van der Waals surface area contributed by atoms with Gasteiger partial charge in [0, 0.05) is 23.9 Å². The lowest BCUT2D eigenvalue weighted by Gasteiger charge is -2.46. The van der Waals surface area contributed by atoms with E-state index in [1.165, 1.54) is 0 Å². The number of rotatable bonds is 3. The number of aromatic nitrogens is 2. The van der Waals surface area contributed by atoms with Gasteiger partial charge in [-0.25, -0.2) is 0 Å². The van der Waals surface area contributed by atoms with Crippen LogP contribution in [0, 0.1) is 5.41 Å². The standard InChI is InChI=1S/C13H22N2OS/c1-4-8-15-11(5-7-14-15)13(16)10-17-9-6-12(13,2)3/h5,7,16H,4,6,8-10H2,1-3H3. The topological polar surface area (TPSA) is 38.0 Å². The highest BCUT2D eigenvalue weighted by atomic mass is 32.2. The molecule has 1 fully saturated rings. The minimum absolute atomic E-state index is 0.0796. The van der Waals surface area contributed by atoms with Crippen molar-refractivity contribution >= 4 is 11.8 Å². The Morgan fingerprint density at radius 1 is 1.53 bits per heavy atom. The maximum atomic E-state index is 11.1. The summed E-state index contributed by atoms with van der Waals surface area (Å²) in [5, 5.41) is 15.4. The molecule has 0 spiro atoms. The minimum Gasteiger partial charge on any atom is -0.382 e. The number of hydrogen-bond donors (Lipinski definition) is 1. The number of aryl methyl sites for hydroxylation is 1. The molecule has 0 bridgehead atoms. The van der Waals surface area contributed by atoms with Crippen LogP contribution >= 0.6 is 11.8 Å². The minimum atomic E-state index is -0.748. The van der Waals surface area contributed by atoms with E-state index in [0.717, 1.165) is 36.6 Å². The first-order valence-electron chi connectivity index (χ1n) is 6.34. The van der Waals surface area contributed by atoms with Crippen molar-refractivity contribution in [1.29, 1.82) is 0 Å². The fourth-order valence-corrected chi connectivity index (χ4v) is 4.08. The molecule has 0 aromatic carbocycles. The average molecular weight is 254 g/mol. The summed E-state index contributed by atoms with van der Waals surface area (Å²) in [7, 11) is 0. The van der Waals surface area contributed by atoms with Crippen molar-refractivity contribution in [3.63, 3.8) is 0 Å². The summed E-state index contributed by atoms with van der Waals surface area (Å²) in [5.74, 6) is 1.91. The van der Waals surface area contributed by atoms with Crippen LogP contribution in [0.3, 0.4) is 0 Å². The Balaban J connectivity index is 2.38. The van der Waals surface area contributed by atoms with Gasteiger partial charge < -0.3 is 5.11 Å². The van der Waals surface area contributed by atoms with E-state index in [-0.39, 0.29) is 5.41 Å². The van der Waals surface area contributed by atoms with Gasteiger partial charge in [0.05, 0.1) is 5.69 Å². The molecule has 3 nitrogen and oxygen atoms in total. The van der Waals surface area contributed by atoms with Gasteiger partial charge >= 0.3 is 0 Å². The van der Waals surface area contributed by atoms with Gasteiger partial charge in [0.15, 0.2) is 0 Å². The van der Waals surface area contributed by atoms with E-state index in [1.54, 1.807) is 6.20 Å². The smallest absolute Gasteiger partial charge is 0.120 e. The lowest BCUT2D eigenvalue weighted by Crippen LogP contribution is -2.48. The Labute approximate surface area is 108 Å². The second-order valence-corrected chi connectivity index (χ2v) is 6.59. The van der Waals surface area contributed by atoms with E-state index in [1.807, 2.05) is 22.5 Å². The molecule has 1 aromatic heterocycles. The molecular formula is C13H22N2OS. The highest BCUT2D eigenvalue weighted by Crippen LogP contribution is 2.48. The fraction of sp³-hybridized carbons (Fsp3) is 0.769. The molecule has 1 atom stereocenters. The van der Waals surface area contributed by atoms with E-state index < -0.39 is 5.60 Å². The monoisotopic (exact) mass is 254 g/mol. The lowest BCUT2D eigenvalue weighted by molar-refractivity contribution is -0.0646. The normalized spacial score (nSPS) is 28.2. The SMILES string of the molecule is CCCn1nccc1C1(O)CSCCC1(C)C. The maximum absolute atomic E-state index is 11.1. The Hall–Kier alpha value is -0.480. The predicted octanol–water partition coefficient (Wildman–Crippen LogP) is 2.64. The lowest BCUT2D eigenvalue weighted by atomic mass is 9.71. The molecule has 2 rings (SSSR count). The van der Waals surface area contributed by atoms with Crippen molar-refractivity contribution in [1.82, 2.24) is 9.78 Å². The molecule has 0 amide bonds. The number of aliphatic hydroxyl groups is 1. The number of nitrogens with zero attached hydrogens (tertiary/aromatic N) is 2. The quantitative estimate of drug-likeness (QED) is 0.901. The summed E-state index contributed by atoms with van der Waals surface area (Å²) in [6.07, 6.45) is 3.89. The maximum Gasteiger partial charge on any atom is 0.120 e. The molecule has 0 aliphatic carbocycles. The summed E-state index contributed by atoms with van der Waals surface area (Å²) in [5.41, 5.74) is 0.155. The Morgan fingerprint density at radius 2 is 2.29 bits per heavy atom. The fourth-order valence-electron chi connectivity index (χ4n) is 2.44. The molecule has 17 heavy (non-hydrogen) atoms. The number of thioether (sulfide) groups is 1. The van der Waals surface area contributed by atoms with E-state index >= 15 is 0 Å². The summed E-state index contributed by atoms with van der Waals surface area (Å²) >= 11 is 1.84. The van der Waals surface area contributed by atoms with Gasteiger partial charge in [0.1, 0.15) is 5.60 Å². The van der Waals surface area contributed by atoms with Crippen molar-refractivity contribution in [3.8, 4) is 0 Å². The predicted molar refractivity (Wildman–Crippen MR) is 72.1 cm³/mol. The second kappa shape index (κ2) is 4.65. The molecular weight excluding hydrogens is 232 g/mol. The molecule has 1 aliphatic heterocycles. The van der Waals surface area contributed by atoms with Crippen molar-refractivity contribution in [2.45, 2.75) is 45.8 Å². The Kier molecular flexibility index (Phi) is 3.55. The van der Waals surface area contributed by atoms with Crippen LogP contribution in [0.4, 0.5) is 0 Å². The van der Waals surface area contributed by atoms with Crippen LogP contribution in [0.2, 0.25) is 0 Å². The molecule has 96 valence electrons. The van der Waals surface area contributed by atoms with Gasteiger partial charge in [-0.2, -0.15) is 16.9 Å². The molecule has 1 aliphatic rings. The molecule has 2 heterocycles. The van der Waals surface area contributed by atoms with E-state index in [0.29, 0.717) is 0 Å². The van der Waals surface area contributed by atoms with Crippen LogP contribution in [0.5, 0.6) is 0 Å². The summed E-state index contributed by atoms with van der Waals surface area (Å²) in [6.45, 7) is 7.34. The van der Waals surface area contributed by atoms with Gasteiger partial charge in [-0.1, -0.05) is 20.8 Å². The van der Waals surface area contributed by atoms with Crippen molar-refractivity contribution in [2.24, 2.45) is 5.41 Å². The number of hydrogen-bond acceptors (Lipinski definition) is 3. The molecule has 0 saturated carbocycles. The van der Waals surface area contributed by atoms with E-state index in [4.69, 9.17) is 0 Å². The third-order valence-electron chi connectivity index (χ3n) is 3.88. The van der Waals surface area contributed by atoms with Crippen LogP contribution in [-0.2, 0) is 12.1 Å². The molecule has 4 heteroatoms. The third-order valence-corrected chi connectivity index (χ3v) is 4.99. The van der Waals surface area contributed by atoms with Crippen LogP contribution in [0.1, 0.15) is 39.3 Å². The molecule has 1 saturated heterocycles. The van der Waals surface area contributed by atoms with Gasteiger partial charge in [-0.3, -0.25) is 4.68 Å². The van der Waals surface area contributed by atoms with Crippen LogP contribution in [0.15, 0.2) is 12.3 Å². The van der Waals surface area contributed by atoms with Crippen molar-refractivity contribution in [3.05, 3.63) is 18.0 Å². The van der Waals surface area contributed by atoms with E-state index in [9.17, 15) is 5.11 Å². The van der Waals surface area contributed by atoms with Gasteiger partial charge in [-0.15, -0.1) is 0 Å². The average Bonchev–Trinajstić information content (AvgIpc) is 2.72. The molecule has 0 radical (unpaired) electrons. The largest absolute Gasteiger partial charge is 0.382 e. The van der Waals surface area contributed by atoms with Crippen LogP contribution < -0.4 is 0 Å². The van der Waals surface area contributed by atoms with Gasteiger partial charge in [0.2, 0.25) is 0 Å². The molecule has 1 aromatic rings. The van der Waals surface area contributed by atoms with Crippen LogP contribution in [0.25, 0.3) is 0 Å². The first kappa shape index (κ1) is 13.0. The third kappa shape index (κ3) is 2.13. The zero-order valence-electron chi connectivity index (χ0n) is 10.9. The first-order chi connectivity index (χ1) is 8.01. The summed E-state index contributed by atoms with van der Waals surface area (Å²) < 4.78 is 1.97. The van der Waals surface area contributed by atoms with Crippen LogP contribution in [-0.4, -0.2) is 26.4 Å². The second-order valence-electron chi connectivity index (χ2n) is 5.49. The zero-order chi connectivity index (χ0) is 12.5. The Morgan fingerprint density at radius 3 is 2.94 bits per heavy atom. The van der Waals surface area contributed by atoms with Gasteiger partial charge in [0.25, 0.3) is 0 Å². The molecule has 1 N–H and O–H groups in total. The summed E-state index contributed by atoms with van der Waals surface area (Å²) in [6, 6.07) is 1.98. The first-order valence-corrected chi connectivity index (χ1v) is 7.49. The van der Waals surface area contributed by atoms with Gasteiger partial charge in [-0.05, 0) is 24.7 Å². The zero-order valence-corrected chi connectivity index (χ0v) is 11.8. The molecule has 1 unspecified atom stereocenters.